The lowest BCUT2D eigenvalue weighted by atomic mass is 10.2. The van der Waals surface area contributed by atoms with Crippen molar-refractivity contribution in [2.45, 2.75) is 6.61 Å². The van der Waals surface area contributed by atoms with E-state index in [1.54, 1.807) is 37.4 Å². The molecule has 0 radical (unpaired) electrons. The number of hydrogen-bond donors (Lipinski definition) is 0. The van der Waals surface area contributed by atoms with E-state index in [1.165, 1.54) is 0 Å². The number of ether oxygens (including phenoxy) is 2. The number of rotatable bonds is 6. The second kappa shape index (κ2) is 8.10. The topological polar surface area (TPSA) is 57.4 Å². The number of nitrogens with zero attached hydrogens (tertiary/aromatic N) is 2. The molecule has 0 aliphatic heterocycles. The Morgan fingerprint density at radius 3 is 2.69 bits per heavy atom. The highest BCUT2D eigenvalue weighted by molar-refractivity contribution is 5.65. The van der Waals surface area contributed by atoms with Crippen LogP contribution in [-0.4, -0.2) is 17.3 Å². The highest BCUT2D eigenvalue weighted by Gasteiger charge is 2.15. The van der Waals surface area contributed by atoms with Gasteiger partial charge in [0, 0.05) is 11.1 Å². The summed E-state index contributed by atoms with van der Waals surface area (Å²) in [5.74, 6) is 0.738. The molecule has 0 unspecified atom stereocenters. The molecule has 0 aliphatic carbocycles. The summed E-state index contributed by atoms with van der Waals surface area (Å²) in [5, 5.41) is 4.02. The lowest BCUT2D eigenvalue weighted by molar-refractivity contribution is 0.299. The summed E-state index contributed by atoms with van der Waals surface area (Å²) < 4.78 is 43.3. The monoisotopic (exact) mass is 394 g/mol. The van der Waals surface area contributed by atoms with Crippen LogP contribution in [0.15, 0.2) is 71.3 Å². The van der Waals surface area contributed by atoms with Crippen LogP contribution in [0.25, 0.3) is 22.8 Å². The molecule has 4 rings (SSSR count). The van der Waals surface area contributed by atoms with E-state index in [1.807, 2.05) is 18.2 Å². The van der Waals surface area contributed by atoms with Crippen LogP contribution in [0.4, 0.5) is 8.78 Å². The standard InChI is InChI=1S/C22H16F2N2O3/c1-27-20-8-3-2-7-18(20)22-25-21(26-29-22)14-5-4-6-17(12-14)28-13-15-11-16(23)9-10-19(15)24/h2-12H,13H2,1H3. The zero-order valence-corrected chi connectivity index (χ0v) is 15.4. The van der Waals surface area contributed by atoms with Gasteiger partial charge in [-0.1, -0.05) is 29.4 Å². The van der Waals surface area contributed by atoms with Gasteiger partial charge >= 0.3 is 0 Å². The molecule has 146 valence electrons. The minimum absolute atomic E-state index is 0.105. The summed E-state index contributed by atoms with van der Waals surface area (Å²) in [6.07, 6.45) is 0. The molecule has 3 aromatic carbocycles. The summed E-state index contributed by atoms with van der Waals surface area (Å²) >= 11 is 0. The molecule has 29 heavy (non-hydrogen) atoms. The summed E-state index contributed by atoms with van der Waals surface area (Å²) in [7, 11) is 1.57. The molecule has 0 fully saturated rings. The van der Waals surface area contributed by atoms with Crippen molar-refractivity contribution in [1.29, 1.82) is 0 Å². The van der Waals surface area contributed by atoms with Crippen LogP contribution in [0.1, 0.15) is 5.56 Å². The van der Waals surface area contributed by atoms with Gasteiger partial charge in [0.05, 0.1) is 12.7 Å². The maximum Gasteiger partial charge on any atom is 0.262 e. The van der Waals surface area contributed by atoms with E-state index < -0.39 is 11.6 Å². The average Bonchev–Trinajstić information content (AvgIpc) is 3.25. The fourth-order valence-corrected chi connectivity index (χ4v) is 2.81. The van der Waals surface area contributed by atoms with Gasteiger partial charge in [-0.2, -0.15) is 4.98 Å². The Balaban J connectivity index is 1.55. The van der Waals surface area contributed by atoms with Gasteiger partial charge in [0.2, 0.25) is 5.82 Å². The predicted octanol–water partition coefficient (Wildman–Crippen LogP) is 5.27. The van der Waals surface area contributed by atoms with Crippen molar-refractivity contribution in [1.82, 2.24) is 10.1 Å². The van der Waals surface area contributed by atoms with Gasteiger partial charge in [0.25, 0.3) is 5.89 Å². The summed E-state index contributed by atoms with van der Waals surface area (Å²) in [6.45, 7) is -0.105. The molecular weight excluding hydrogens is 378 g/mol. The molecule has 0 N–H and O–H groups in total. The van der Waals surface area contributed by atoms with Gasteiger partial charge in [0.15, 0.2) is 0 Å². The predicted molar refractivity (Wildman–Crippen MR) is 102 cm³/mol. The van der Waals surface area contributed by atoms with Gasteiger partial charge in [-0.05, 0) is 42.5 Å². The maximum absolute atomic E-state index is 13.8. The highest BCUT2D eigenvalue weighted by atomic mass is 19.1. The van der Waals surface area contributed by atoms with Crippen molar-refractivity contribution in [3.05, 3.63) is 83.9 Å². The maximum atomic E-state index is 13.8. The quantitative estimate of drug-likeness (QED) is 0.446. The molecular formula is C22H16F2N2O3. The molecule has 5 nitrogen and oxygen atoms in total. The molecule has 0 aliphatic rings. The third-order valence-corrected chi connectivity index (χ3v) is 4.26. The van der Waals surface area contributed by atoms with Crippen LogP contribution >= 0.6 is 0 Å². The van der Waals surface area contributed by atoms with Gasteiger partial charge in [-0.25, -0.2) is 8.78 Å². The number of benzene rings is 3. The lowest BCUT2D eigenvalue weighted by Gasteiger charge is -2.08. The molecule has 1 heterocycles. The van der Waals surface area contributed by atoms with Crippen LogP contribution in [0, 0.1) is 11.6 Å². The molecule has 0 saturated heterocycles. The Kier molecular flexibility index (Phi) is 5.20. The normalized spacial score (nSPS) is 10.7. The minimum atomic E-state index is -0.526. The summed E-state index contributed by atoms with van der Waals surface area (Å²) in [5.41, 5.74) is 1.48. The third-order valence-electron chi connectivity index (χ3n) is 4.26. The van der Waals surface area contributed by atoms with Crippen LogP contribution in [0.2, 0.25) is 0 Å². The van der Waals surface area contributed by atoms with E-state index >= 15 is 0 Å². The van der Waals surface area contributed by atoms with Crippen LogP contribution in [0.5, 0.6) is 11.5 Å². The first-order valence-corrected chi connectivity index (χ1v) is 8.78. The average molecular weight is 394 g/mol. The number of hydrogen-bond acceptors (Lipinski definition) is 5. The number of para-hydroxylation sites is 1. The molecule has 1 aromatic heterocycles. The Morgan fingerprint density at radius 2 is 1.83 bits per heavy atom. The molecule has 0 atom stereocenters. The fourth-order valence-electron chi connectivity index (χ4n) is 2.81. The van der Waals surface area contributed by atoms with E-state index in [-0.39, 0.29) is 12.2 Å². The second-order valence-corrected chi connectivity index (χ2v) is 6.18. The van der Waals surface area contributed by atoms with E-state index in [9.17, 15) is 8.78 Å². The van der Waals surface area contributed by atoms with Crippen LogP contribution in [0.3, 0.4) is 0 Å². The molecule has 4 aromatic rings. The SMILES string of the molecule is COc1ccccc1-c1nc(-c2cccc(OCc3cc(F)ccc3F)c2)no1. The Hall–Kier alpha value is -3.74. The van der Waals surface area contributed by atoms with E-state index in [0.717, 1.165) is 18.2 Å². The van der Waals surface area contributed by atoms with E-state index in [2.05, 4.69) is 10.1 Å². The van der Waals surface area contributed by atoms with Crippen molar-refractivity contribution in [3.63, 3.8) is 0 Å². The lowest BCUT2D eigenvalue weighted by Crippen LogP contribution is -1.99. The van der Waals surface area contributed by atoms with Gasteiger partial charge < -0.3 is 14.0 Å². The fraction of sp³-hybridized carbons (Fsp3) is 0.0909. The highest BCUT2D eigenvalue weighted by Crippen LogP contribution is 2.30. The van der Waals surface area contributed by atoms with Crippen molar-refractivity contribution in [2.24, 2.45) is 0 Å². The van der Waals surface area contributed by atoms with Crippen molar-refractivity contribution >= 4 is 0 Å². The Morgan fingerprint density at radius 1 is 0.966 bits per heavy atom. The van der Waals surface area contributed by atoms with Crippen LogP contribution < -0.4 is 9.47 Å². The van der Waals surface area contributed by atoms with Gasteiger partial charge in [0.1, 0.15) is 29.7 Å². The molecule has 0 bridgehead atoms. The molecule has 0 amide bonds. The number of aromatic nitrogens is 2. The third kappa shape index (κ3) is 4.08. The van der Waals surface area contributed by atoms with Crippen molar-refractivity contribution in [3.8, 4) is 34.3 Å². The Bertz CT molecular complexity index is 1140. The molecule has 0 saturated carbocycles. The molecule has 0 spiro atoms. The zero-order valence-electron chi connectivity index (χ0n) is 15.4. The molecule has 7 heteroatoms. The van der Waals surface area contributed by atoms with Gasteiger partial charge in [-0.15, -0.1) is 0 Å². The first kappa shape index (κ1) is 18.6. The minimum Gasteiger partial charge on any atom is -0.496 e. The van der Waals surface area contributed by atoms with Gasteiger partial charge in [-0.3, -0.25) is 0 Å². The summed E-state index contributed by atoms with van der Waals surface area (Å²) in [4.78, 5) is 4.42. The second-order valence-electron chi connectivity index (χ2n) is 6.18. The van der Waals surface area contributed by atoms with E-state index in [4.69, 9.17) is 14.0 Å². The number of halogens is 2. The zero-order chi connectivity index (χ0) is 20.2. The Labute approximate surface area is 165 Å². The van der Waals surface area contributed by atoms with E-state index in [0.29, 0.717) is 34.3 Å². The number of methoxy groups -OCH3 is 1. The smallest absolute Gasteiger partial charge is 0.262 e. The van der Waals surface area contributed by atoms with Crippen molar-refractivity contribution < 1.29 is 22.8 Å². The first-order chi connectivity index (χ1) is 14.1. The first-order valence-electron chi connectivity index (χ1n) is 8.78. The van der Waals surface area contributed by atoms with Crippen molar-refractivity contribution in [2.75, 3.05) is 7.11 Å². The largest absolute Gasteiger partial charge is 0.496 e. The summed E-state index contributed by atoms with van der Waals surface area (Å²) in [6, 6.07) is 17.5. The van der Waals surface area contributed by atoms with Crippen LogP contribution in [-0.2, 0) is 6.61 Å².